The summed E-state index contributed by atoms with van der Waals surface area (Å²) in [6.45, 7) is 6.76. The van der Waals surface area contributed by atoms with E-state index in [1.165, 1.54) is 37.7 Å². The van der Waals surface area contributed by atoms with Crippen molar-refractivity contribution in [3.63, 3.8) is 0 Å². The summed E-state index contributed by atoms with van der Waals surface area (Å²) in [7, 11) is 0. The third-order valence-electron chi connectivity index (χ3n) is 3.23. The lowest BCUT2D eigenvalue weighted by Gasteiger charge is -2.20. The van der Waals surface area contributed by atoms with Crippen LogP contribution in [0.1, 0.15) is 64.5 Å². The lowest BCUT2D eigenvalue weighted by Crippen LogP contribution is -2.28. The zero-order valence-corrected chi connectivity index (χ0v) is 11.4. The van der Waals surface area contributed by atoms with Crippen LogP contribution in [0.5, 0.6) is 0 Å². The second-order valence-electron chi connectivity index (χ2n) is 4.92. The number of nitrogens with one attached hydrogen (secondary N) is 1. The Labute approximate surface area is 106 Å². The number of pyridine rings is 1. The van der Waals surface area contributed by atoms with E-state index in [0.717, 1.165) is 0 Å². The van der Waals surface area contributed by atoms with Gasteiger partial charge in [-0.25, -0.2) is 0 Å². The molecule has 1 rings (SSSR count). The van der Waals surface area contributed by atoms with Crippen molar-refractivity contribution in [1.82, 2.24) is 10.3 Å². The Bertz CT molecular complexity index is 284. The lowest BCUT2D eigenvalue weighted by molar-refractivity contribution is 0.437. The zero-order valence-electron chi connectivity index (χ0n) is 11.4. The summed E-state index contributed by atoms with van der Waals surface area (Å²) in [6.07, 6.45) is 10.4. The fraction of sp³-hybridized carbons (Fsp3) is 0.667. The number of hydrogen-bond donors (Lipinski definition) is 1. The first-order valence-electron chi connectivity index (χ1n) is 6.90. The van der Waals surface area contributed by atoms with Gasteiger partial charge in [0.2, 0.25) is 0 Å². The van der Waals surface area contributed by atoms with Crippen molar-refractivity contribution in [2.45, 2.75) is 65.0 Å². The van der Waals surface area contributed by atoms with Crippen LogP contribution in [0.15, 0.2) is 24.5 Å². The molecule has 1 unspecified atom stereocenters. The Morgan fingerprint density at radius 1 is 1.12 bits per heavy atom. The summed E-state index contributed by atoms with van der Waals surface area (Å²) in [5, 5.41) is 3.65. The molecule has 0 saturated carbocycles. The van der Waals surface area contributed by atoms with Gasteiger partial charge in [-0.15, -0.1) is 0 Å². The van der Waals surface area contributed by atoms with E-state index < -0.39 is 0 Å². The Kier molecular flexibility index (Phi) is 6.87. The van der Waals surface area contributed by atoms with Crippen LogP contribution in [0, 0.1) is 0 Å². The molecule has 96 valence electrons. The Morgan fingerprint density at radius 2 is 1.82 bits per heavy atom. The van der Waals surface area contributed by atoms with Gasteiger partial charge in [0.05, 0.1) is 0 Å². The Balaban J connectivity index is 2.24. The van der Waals surface area contributed by atoms with Gasteiger partial charge in [-0.05, 0) is 38.0 Å². The highest BCUT2D eigenvalue weighted by Crippen LogP contribution is 2.13. The molecular formula is C15H26N2. The number of nitrogens with zero attached hydrogens (tertiary/aromatic N) is 1. The van der Waals surface area contributed by atoms with Crippen LogP contribution in [-0.4, -0.2) is 11.0 Å². The molecule has 0 radical (unpaired) electrons. The van der Waals surface area contributed by atoms with Crippen LogP contribution in [0.4, 0.5) is 0 Å². The van der Waals surface area contributed by atoms with Crippen LogP contribution in [0.3, 0.4) is 0 Å². The van der Waals surface area contributed by atoms with Gasteiger partial charge in [0.15, 0.2) is 0 Å². The van der Waals surface area contributed by atoms with Gasteiger partial charge in [-0.3, -0.25) is 4.98 Å². The molecule has 2 heteroatoms. The van der Waals surface area contributed by atoms with Crippen molar-refractivity contribution < 1.29 is 0 Å². The van der Waals surface area contributed by atoms with Crippen LogP contribution >= 0.6 is 0 Å². The van der Waals surface area contributed by atoms with Gasteiger partial charge >= 0.3 is 0 Å². The maximum absolute atomic E-state index is 4.05. The van der Waals surface area contributed by atoms with E-state index in [2.05, 4.69) is 43.2 Å². The van der Waals surface area contributed by atoms with E-state index in [4.69, 9.17) is 0 Å². The quantitative estimate of drug-likeness (QED) is 0.685. The van der Waals surface area contributed by atoms with Gasteiger partial charge < -0.3 is 5.32 Å². The molecule has 2 atom stereocenters. The highest BCUT2D eigenvalue weighted by molar-refractivity contribution is 5.14. The Hall–Kier alpha value is -0.890. The van der Waals surface area contributed by atoms with E-state index in [9.17, 15) is 0 Å². The predicted octanol–water partition coefficient (Wildman–Crippen LogP) is 4.09. The molecule has 2 nitrogen and oxygen atoms in total. The van der Waals surface area contributed by atoms with Crippen molar-refractivity contribution in [3.8, 4) is 0 Å². The normalized spacial score (nSPS) is 14.5. The van der Waals surface area contributed by atoms with Crippen molar-refractivity contribution in [3.05, 3.63) is 30.1 Å². The minimum Gasteiger partial charge on any atom is -0.308 e. The molecule has 0 spiro atoms. The SMILES string of the molecule is CCCCCCC(C)N[C@H](C)c1ccncc1. The van der Waals surface area contributed by atoms with Crippen molar-refractivity contribution in [1.29, 1.82) is 0 Å². The molecule has 0 aliphatic rings. The molecule has 0 aromatic carbocycles. The van der Waals surface area contributed by atoms with Gasteiger partial charge in [0.25, 0.3) is 0 Å². The summed E-state index contributed by atoms with van der Waals surface area (Å²) >= 11 is 0. The molecule has 0 aliphatic heterocycles. The molecule has 0 amide bonds. The van der Waals surface area contributed by atoms with E-state index in [1.807, 2.05) is 12.4 Å². The fourth-order valence-corrected chi connectivity index (χ4v) is 2.14. The van der Waals surface area contributed by atoms with Crippen LogP contribution in [-0.2, 0) is 0 Å². The topological polar surface area (TPSA) is 24.9 Å². The van der Waals surface area contributed by atoms with Gasteiger partial charge in [0.1, 0.15) is 0 Å². The van der Waals surface area contributed by atoms with Crippen LogP contribution in [0.2, 0.25) is 0 Å². The van der Waals surface area contributed by atoms with E-state index in [1.54, 1.807) is 0 Å². The zero-order chi connectivity index (χ0) is 12.5. The average molecular weight is 234 g/mol. The van der Waals surface area contributed by atoms with E-state index in [0.29, 0.717) is 12.1 Å². The van der Waals surface area contributed by atoms with Crippen molar-refractivity contribution >= 4 is 0 Å². The van der Waals surface area contributed by atoms with Crippen molar-refractivity contribution in [2.24, 2.45) is 0 Å². The van der Waals surface area contributed by atoms with Crippen molar-refractivity contribution in [2.75, 3.05) is 0 Å². The third-order valence-corrected chi connectivity index (χ3v) is 3.23. The molecule has 0 bridgehead atoms. The maximum Gasteiger partial charge on any atom is 0.0295 e. The van der Waals surface area contributed by atoms with E-state index >= 15 is 0 Å². The minimum absolute atomic E-state index is 0.416. The highest BCUT2D eigenvalue weighted by atomic mass is 14.9. The summed E-state index contributed by atoms with van der Waals surface area (Å²) in [5.74, 6) is 0. The largest absolute Gasteiger partial charge is 0.308 e. The second kappa shape index (κ2) is 8.24. The molecule has 0 fully saturated rings. The summed E-state index contributed by atoms with van der Waals surface area (Å²) in [5.41, 5.74) is 1.32. The molecule has 0 saturated heterocycles. The first-order chi connectivity index (χ1) is 8.24. The first-order valence-corrected chi connectivity index (χ1v) is 6.90. The van der Waals surface area contributed by atoms with Gasteiger partial charge in [-0.2, -0.15) is 0 Å². The molecular weight excluding hydrogens is 208 g/mol. The lowest BCUT2D eigenvalue weighted by atomic mass is 10.1. The summed E-state index contributed by atoms with van der Waals surface area (Å²) in [4.78, 5) is 4.05. The predicted molar refractivity (Wildman–Crippen MR) is 74.0 cm³/mol. The molecule has 0 aliphatic carbocycles. The average Bonchev–Trinajstić information content (AvgIpc) is 2.36. The Morgan fingerprint density at radius 3 is 2.47 bits per heavy atom. The van der Waals surface area contributed by atoms with Gasteiger partial charge in [0, 0.05) is 24.5 Å². The van der Waals surface area contributed by atoms with E-state index in [-0.39, 0.29) is 0 Å². The maximum atomic E-state index is 4.05. The second-order valence-corrected chi connectivity index (χ2v) is 4.92. The third kappa shape index (κ3) is 5.83. The first kappa shape index (κ1) is 14.2. The summed E-state index contributed by atoms with van der Waals surface area (Å²) in [6, 6.07) is 5.18. The summed E-state index contributed by atoms with van der Waals surface area (Å²) < 4.78 is 0. The van der Waals surface area contributed by atoms with Crippen LogP contribution in [0.25, 0.3) is 0 Å². The molecule has 1 aromatic rings. The number of unbranched alkanes of at least 4 members (excludes halogenated alkanes) is 3. The highest BCUT2D eigenvalue weighted by Gasteiger charge is 2.08. The molecule has 17 heavy (non-hydrogen) atoms. The number of rotatable bonds is 8. The smallest absolute Gasteiger partial charge is 0.0295 e. The fourth-order valence-electron chi connectivity index (χ4n) is 2.14. The number of aromatic nitrogens is 1. The monoisotopic (exact) mass is 234 g/mol. The number of hydrogen-bond acceptors (Lipinski definition) is 2. The molecule has 1 heterocycles. The van der Waals surface area contributed by atoms with Gasteiger partial charge in [-0.1, -0.05) is 32.6 Å². The molecule has 1 aromatic heterocycles. The minimum atomic E-state index is 0.416. The molecule has 1 N–H and O–H groups in total. The van der Waals surface area contributed by atoms with Crippen LogP contribution < -0.4 is 5.32 Å². The standard InChI is InChI=1S/C15H26N2/c1-4-5-6-7-8-13(2)17-14(3)15-9-11-16-12-10-15/h9-14,17H,4-8H2,1-3H3/t13?,14-/m1/s1.